The second-order valence-corrected chi connectivity index (χ2v) is 7.31. The highest BCUT2D eigenvalue weighted by Crippen LogP contribution is 2.35. The number of carbonyl (C=O) groups excluding carboxylic acids is 2. The van der Waals surface area contributed by atoms with E-state index >= 15 is 0 Å². The summed E-state index contributed by atoms with van der Waals surface area (Å²) in [5.74, 6) is 0.700. The Balaban J connectivity index is 1.59. The molecule has 2 amide bonds. The van der Waals surface area contributed by atoms with E-state index in [0.29, 0.717) is 24.8 Å². The molecule has 146 valence electrons. The van der Waals surface area contributed by atoms with E-state index in [-0.39, 0.29) is 11.8 Å². The van der Waals surface area contributed by atoms with E-state index in [2.05, 4.69) is 10.6 Å². The molecule has 1 heterocycles. The first-order valence-corrected chi connectivity index (χ1v) is 9.76. The third-order valence-electron chi connectivity index (χ3n) is 5.17. The highest BCUT2D eigenvalue weighted by atomic mass is 16.5. The molecule has 2 aliphatic rings. The van der Waals surface area contributed by atoms with Crippen LogP contribution in [0.25, 0.3) is 0 Å². The van der Waals surface area contributed by atoms with Crippen molar-refractivity contribution in [1.29, 1.82) is 0 Å². The van der Waals surface area contributed by atoms with E-state index in [4.69, 9.17) is 4.74 Å². The van der Waals surface area contributed by atoms with E-state index in [0.717, 1.165) is 36.2 Å². The highest BCUT2D eigenvalue weighted by Gasteiger charge is 2.29. The fourth-order valence-corrected chi connectivity index (χ4v) is 3.52. The predicted octanol–water partition coefficient (Wildman–Crippen LogP) is 3.25. The van der Waals surface area contributed by atoms with Crippen LogP contribution in [0.3, 0.4) is 0 Å². The number of methoxy groups -OCH3 is 1. The van der Waals surface area contributed by atoms with E-state index < -0.39 is 6.04 Å². The number of ether oxygens (including phenoxy) is 1. The first-order chi connectivity index (χ1) is 13.7. The molecule has 1 aliphatic heterocycles. The molecule has 4 rings (SSSR count). The number of carbonyl (C=O) groups is 2. The monoisotopic (exact) mass is 379 g/mol. The van der Waals surface area contributed by atoms with Crippen LogP contribution in [0.2, 0.25) is 0 Å². The number of benzene rings is 2. The summed E-state index contributed by atoms with van der Waals surface area (Å²) >= 11 is 0. The minimum absolute atomic E-state index is 0.0357. The largest absolute Gasteiger partial charge is 0.494 e. The molecule has 28 heavy (non-hydrogen) atoms. The summed E-state index contributed by atoms with van der Waals surface area (Å²) < 4.78 is 5.53. The SMILES string of the molecule is COc1cc(N[C@H](C(=O)NC2CC2)c2ccccc2)ccc1N1CCCC1=O. The van der Waals surface area contributed by atoms with Crippen molar-refractivity contribution in [3.05, 3.63) is 54.1 Å². The van der Waals surface area contributed by atoms with E-state index in [1.165, 1.54) is 0 Å². The van der Waals surface area contributed by atoms with Gasteiger partial charge in [-0.15, -0.1) is 0 Å². The average Bonchev–Trinajstić information content (AvgIpc) is 3.44. The van der Waals surface area contributed by atoms with Gasteiger partial charge < -0.3 is 20.3 Å². The molecule has 2 N–H and O–H groups in total. The predicted molar refractivity (Wildman–Crippen MR) is 109 cm³/mol. The van der Waals surface area contributed by atoms with Crippen LogP contribution in [0, 0.1) is 0 Å². The van der Waals surface area contributed by atoms with Crippen molar-refractivity contribution < 1.29 is 14.3 Å². The Labute approximate surface area is 164 Å². The number of hydrogen-bond donors (Lipinski definition) is 2. The van der Waals surface area contributed by atoms with Crippen molar-refractivity contribution in [3.8, 4) is 5.75 Å². The van der Waals surface area contributed by atoms with Gasteiger partial charge >= 0.3 is 0 Å². The van der Waals surface area contributed by atoms with Gasteiger partial charge in [-0.1, -0.05) is 30.3 Å². The molecule has 1 aliphatic carbocycles. The zero-order chi connectivity index (χ0) is 19.5. The van der Waals surface area contributed by atoms with Crippen LogP contribution in [0.1, 0.15) is 37.3 Å². The molecule has 1 saturated carbocycles. The first-order valence-electron chi connectivity index (χ1n) is 9.76. The Bertz CT molecular complexity index is 865. The Hall–Kier alpha value is -3.02. The van der Waals surface area contributed by atoms with E-state index in [9.17, 15) is 9.59 Å². The molecule has 1 atom stereocenters. The van der Waals surface area contributed by atoms with Crippen molar-refractivity contribution in [1.82, 2.24) is 5.32 Å². The molecule has 2 aromatic rings. The van der Waals surface area contributed by atoms with Crippen LogP contribution < -0.4 is 20.3 Å². The zero-order valence-electron chi connectivity index (χ0n) is 16.0. The second-order valence-electron chi connectivity index (χ2n) is 7.31. The molecule has 6 heteroatoms. The van der Waals surface area contributed by atoms with E-state index in [1.54, 1.807) is 12.0 Å². The molecule has 1 saturated heterocycles. The molecule has 2 fully saturated rings. The smallest absolute Gasteiger partial charge is 0.247 e. The van der Waals surface area contributed by atoms with Crippen molar-refractivity contribution >= 4 is 23.2 Å². The summed E-state index contributed by atoms with van der Waals surface area (Å²) in [6, 6.07) is 15.1. The highest BCUT2D eigenvalue weighted by molar-refractivity contribution is 5.97. The molecular weight excluding hydrogens is 354 g/mol. The molecule has 0 aromatic heterocycles. The molecule has 2 aromatic carbocycles. The Morgan fingerprint density at radius 3 is 2.61 bits per heavy atom. The van der Waals surface area contributed by atoms with Gasteiger partial charge in [0.15, 0.2) is 0 Å². The van der Waals surface area contributed by atoms with Gasteiger partial charge in [-0.05, 0) is 37.0 Å². The number of amides is 2. The summed E-state index contributed by atoms with van der Waals surface area (Å²) in [4.78, 5) is 26.7. The lowest BCUT2D eigenvalue weighted by atomic mass is 10.1. The zero-order valence-corrected chi connectivity index (χ0v) is 16.0. The fraction of sp³-hybridized carbons (Fsp3) is 0.364. The third kappa shape index (κ3) is 3.96. The number of hydrogen-bond acceptors (Lipinski definition) is 4. The maximum atomic E-state index is 12.8. The molecular formula is C22H25N3O3. The number of anilines is 2. The number of nitrogens with one attached hydrogen (secondary N) is 2. The lowest BCUT2D eigenvalue weighted by molar-refractivity contribution is -0.122. The molecule has 0 radical (unpaired) electrons. The maximum absolute atomic E-state index is 12.8. The first kappa shape index (κ1) is 18.3. The molecule has 0 unspecified atom stereocenters. The maximum Gasteiger partial charge on any atom is 0.247 e. The van der Waals surface area contributed by atoms with Crippen molar-refractivity contribution in [2.75, 3.05) is 23.9 Å². The molecule has 0 bridgehead atoms. The van der Waals surface area contributed by atoms with Gasteiger partial charge in [-0.25, -0.2) is 0 Å². The van der Waals surface area contributed by atoms with Gasteiger partial charge in [-0.3, -0.25) is 9.59 Å². The lowest BCUT2D eigenvalue weighted by Gasteiger charge is -2.23. The lowest BCUT2D eigenvalue weighted by Crippen LogP contribution is -2.34. The number of rotatable bonds is 7. The van der Waals surface area contributed by atoms with Crippen molar-refractivity contribution in [2.45, 2.75) is 37.8 Å². The van der Waals surface area contributed by atoms with Gasteiger partial charge in [0, 0.05) is 30.8 Å². The average molecular weight is 379 g/mol. The Kier molecular flexibility index (Phi) is 5.19. The van der Waals surface area contributed by atoms with Gasteiger partial charge in [0.25, 0.3) is 0 Å². The normalized spacial score (nSPS) is 17.3. The van der Waals surface area contributed by atoms with Crippen LogP contribution in [0.4, 0.5) is 11.4 Å². The van der Waals surface area contributed by atoms with Crippen LogP contribution >= 0.6 is 0 Å². The molecule has 0 spiro atoms. The van der Waals surface area contributed by atoms with Gasteiger partial charge in [0.05, 0.1) is 12.8 Å². The summed E-state index contributed by atoms with van der Waals surface area (Å²) in [5.41, 5.74) is 2.44. The van der Waals surface area contributed by atoms with Gasteiger partial charge in [0.1, 0.15) is 11.8 Å². The van der Waals surface area contributed by atoms with Crippen LogP contribution in [0.5, 0.6) is 5.75 Å². The summed E-state index contributed by atoms with van der Waals surface area (Å²) in [6.07, 6.45) is 3.51. The van der Waals surface area contributed by atoms with Crippen molar-refractivity contribution in [2.24, 2.45) is 0 Å². The van der Waals surface area contributed by atoms with Crippen LogP contribution in [-0.4, -0.2) is 31.5 Å². The summed E-state index contributed by atoms with van der Waals surface area (Å²) in [5, 5.41) is 6.41. The minimum Gasteiger partial charge on any atom is -0.494 e. The molecule has 6 nitrogen and oxygen atoms in total. The van der Waals surface area contributed by atoms with E-state index in [1.807, 2.05) is 48.5 Å². The Morgan fingerprint density at radius 1 is 1.18 bits per heavy atom. The minimum atomic E-state index is -0.495. The van der Waals surface area contributed by atoms with Crippen LogP contribution in [0.15, 0.2) is 48.5 Å². The van der Waals surface area contributed by atoms with Gasteiger partial charge in [-0.2, -0.15) is 0 Å². The Morgan fingerprint density at radius 2 is 1.96 bits per heavy atom. The van der Waals surface area contributed by atoms with Gasteiger partial charge in [0.2, 0.25) is 11.8 Å². The quantitative estimate of drug-likeness (QED) is 0.775. The summed E-state index contributed by atoms with van der Waals surface area (Å²) in [7, 11) is 1.59. The second kappa shape index (κ2) is 7.92. The topological polar surface area (TPSA) is 70.7 Å². The third-order valence-corrected chi connectivity index (χ3v) is 5.17. The fourth-order valence-electron chi connectivity index (χ4n) is 3.52. The summed E-state index contributed by atoms with van der Waals surface area (Å²) in [6.45, 7) is 0.707. The van der Waals surface area contributed by atoms with Crippen LogP contribution in [-0.2, 0) is 9.59 Å². The number of nitrogens with zero attached hydrogens (tertiary/aromatic N) is 1. The standard InChI is InChI=1S/C22H25N3O3/c1-28-19-14-17(11-12-18(19)25-13-5-8-20(25)26)23-21(15-6-3-2-4-7-15)22(27)24-16-9-10-16/h2-4,6-7,11-12,14,16,21,23H,5,8-10,13H2,1H3,(H,24,27)/t21-/m0/s1. The van der Waals surface area contributed by atoms with Crippen molar-refractivity contribution in [3.63, 3.8) is 0 Å².